The van der Waals surface area contributed by atoms with Crippen molar-refractivity contribution in [3.63, 3.8) is 0 Å². The molecule has 0 bridgehead atoms. The minimum atomic E-state index is 0.112. The van der Waals surface area contributed by atoms with Gasteiger partial charge in [0.1, 0.15) is 5.75 Å². The molecule has 0 radical (unpaired) electrons. The van der Waals surface area contributed by atoms with Gasteiger partial charge in [-0.15, -0.1) is 0 Å². The van der Waals surface area contributed by atoms with Gasteiger partial charge in [0.05, 0.1) is 18.2 Å². The molecule has 1 atom stereocenters. The highest BCUT2D eigenvalue weighted by Gasteiger charge is 2.32. The van der Waals surface area contributed by atoms with Gasteiger partial charge in [-0.1, -0.05) is 0 Å². The van der Waals surface area contributed by atoms with Crippen LogP contribution in [0.1, 0.15) is 25.5 Å². The van der Waals surface area contributed by atoms with E-state index in [1.54, 1.807) is 7.11 Å². The molecule has 1 aliphatic rings. The van der Waals surface area contributed by atoms with Gasteiger partial charge in [-0.2, -0.15) is 0 Å². The third kappa shape index (κ3) is 1.62. The lowest BCUT2D eigenvalue weighted by Gasteiger charge is -2.25. The van der Waals surface area contributed by atoms with Gasteiger partial charge in [0.25, 0.3) is 0 Å². The van der Waals surface area contributed by atoms with Crippen molar-refractivity contribution < 1.29 is 4.74 Å². The fourth-order valence-electron chi connectivity index (χ4n) is 3.08. The van der Waals surface area contributed by atoms with Gasteiger partial charge < -0.3 is 14.6 Å². The Morgan fingerprint density at radius 3 is 2.83 bits per heavy atom. The second-order valence-corrected chi connectivity index (χ2v) is 5.38. The number of fused-ring (bicyclic) bond motifs is 1. The number of rotatable bonds is 2. The molecule has 1 fully saturated rings. The molecular formula is C15H20N2O. The Morgan fingerprint density at radius 2 is 2.17 bits per heavy atom. The van der Waals surface area contributed by atoms with Crippen molar-refractivity contribution in [1.29, 1.82) is 0 Å². The number of aryl methyl sites for hydroxylation is 1. The van der Waals surface area contributed by atoms with E-state index in [4.69, 9.17) is 4.74 Å². The predicted molar refractivity (Wildman–Crippen MR) is 74.1 cm³/mol. The van der Waals surface area contributed by atoms with Crippen molar-refractivity contribution in [3.05, 3.63) is 30.0 Å². The minimum absolute atomic E-state index is 0.112. The average molecular weight is 244 g/mol. The summed E-state index contributed by atoms with van der Waals surface area (Å²) in [7, 11) is 3.85. The molecular weight excluding hydrogens is 224 g/mol. The highest BCUT2D eigenvalue weighted by atomic mass is 16.5. The average Bonchev–Trinajstić information content (AvgIpc) is 2.95. The van der Waals surface area contributed by atoms with Crippen LogP contribution < -0.4 is 10.1 Å². The molecule has 2 aromatic rings. The van der Waals surface area contributed by atoms with Gasteiger partial charge in [0.15, 0.2) is 0 Å². The van der Waals surface area contributed by atoms with Crippen molar-refractivity contribution in [2.24, 2.45) is 7.05 Å². The maximum absolute atomic E-state index is 5.31. The molecule has 0 saturated carbocycles. The fourth-order valence-corrected chi connectivity index (χ4v) is 3.08. The summed E-state index contributed by atoms with van der Waals surface area (Å²) in [5, 5.41) is 4.91. The molecule has 0 spiro atoms. The molecule has 1 unspecified atom stereocenters. The topological polar surface area (TPSA) is 26.2 Å². The summed E-state index contributed by atoms with van der Waals surface area (Å²) in [6.07, 6.45) is 2.45. The lowest BCUT2D eigenvalue weighted by atomic mass is 9.96. The molecule has 3 nitrogen and oxygen atoms in total. The zero-order valence-corrected chi connectivity index (χ0v) is 11.3. The lowest BCUT2D eigenvalue weighted by Crippen LogP contribution is -2.34. The second kappa shape index (κ2) is 4.02. The summed E-state index contributed by atoms with van der Waals surface area (Å²) in [6, 6.07) is 8.57. The van der Waals surface area contributed by atoms with Crippen molar-refractivity contribution in [2.75, 3.05) is 13.7 Å². The Balaban J connectivity index is 2.16. The second-order valence-electron chi connectivity index (χ2n) is 5.38. The first-order valence-corrected chi connectivity index (χ1v) is 6.53. The van der Waals surface area contributed by atoms with Gasteiger partial charge in [-0.05, 0) is 44.5 Å². The molecule has 0 aliphatic carbocycles. The molecule has 1 saturated heterocycles. The Kier molecular flexibility index (Phi) is 2.59. The zero-order valence-electron chi connectivity index (χ0n) is 11.3. The van der Waals surface area contributed by atoms with E-state index in [1.807, 2.05) is 6.07 Å². The molecule has 2 heterocycles. The third-order valence-electron chi connectivity index (χ3n) is 4.19. The van der Waals surface area contributed by atoms with Crippen molar-refractivity contribution in [1.82, 2.24) is 9.88 Å². The molecule has 1 aliphatic heterocycles. The van der Waals surface area contributed by atoms with E-state index < -0.39 is 0 Å². The van der Waals surface area contributed by atoms with Crippen LogP contribution in [0.3, 0.4) is 0 Å². The van der Waals surface area contributed by atoms with Crippen LogP contribution in [0.15, 0.2) is 24.3 Å². The SMILES string of the molecule is COc1ccc2cc(C3(C)CCCN3)n(C)c2c1. The molecule has 3 rings (SSSR count). The van der Waals surface area contributed by atoms with Crippen LogP contribution in [0.5, 0.6) is 5.75 Å². The summed E-state index contributed by atoms with van der Waals surface area (Å²) < 4.78 is 7.60. The van der Waals surface area contributed by atoms with Crippen LogP contribution in [-0.2, 0) is 12.6 Å². The van der Waals surface area contributed by atoms with E-state index in [-0.39, 0.29) is 5.54 Å². The van der Waals surface area contributed by atoms with Gasteiger partial charge in [-0.25, -0.2) is 0 Å². The Hall–Kier alpha value is -1.48. The Bertz CT molecular complexity index is 579. The van der Waals surface area contributed by atoms with E-state index in [0.717, 1.165) is 12.3 Å². The highest BCUT2D eigenvalue weighted by Crippen LogP contribution is 2.34. The van der Waals surface area contributed by atoms with Crippen LogP contribution >= 0.6 is 0 Å². The lowest BCUT2D eigenvalue weighted by molar-refractivity contribution is 0.409. The monoisotopic (exact) mass is 244 g/mol. The molecule has 96 valence electrons. The first kappa shape index (κ1) is 11.6. The van der Waals surface area contributed by atoms with Crippen LogP contribution in [0.25, 0.3) is 10.9 Å². The third-order valence-corrected chi connectivity index (χ3v) is 4.19. The molecule has 3 heteroatoms. The highest BCUT2D eigenvalue weighted by molar-refractivity contribution is 5.83. The van der Waals surface area contributed by atoms with E-state index in [2.05, 4.69) is 42.1 Å². The normalized spacial score (nSPS) is 23.7. The Morgan fingerprint density at radius 1 is 1.33 bits per heavy atom. The number of methoxy groups -OCH3 is 1. The van der Waals surface area contributed by atoms with Crippen LogP contribution in [0.2, 0.25) is 0 Å². The molecule has 18 heavy (non-hydrogen) atoms. The maximum atomic E-state index is 5.31. The minimum Gasteiger partial charge on any atom is -0.497 e. The smallest absolute Gasteiger partial charge is 0.120 e. The van der Waals surface area contributed by atoms with Gasteiger partial charge >= 0.3 is 0 Å². The number of nitrogens with zero attached hydrogens (tertiary/aromatic N) is 1. The summed E-state index contributed by atoms with van der Waals surface area (Å²) >= 11 is 0. The van der Waals surface area contributed by atoms with Gasteiger partial charge in [0, 0.05) is 24.2 Å². The van der Waals surface area contributed by atoms with E-state index in [0.29, 0.717) is 0 Å². The summed E-state index contributed by atoms with van der Waals surface area (Å²) in [4.78, 5) is 0. The number of ether oxygens (including phenoxy) is 1. The first-order valence-electron chi connectivity index (χ1n) is 6.53. The quantitative estimate of drug-likeness (QED) is 0.879. The van der Waals surface area contributed by atoms with Gasteiger partial charge in [-0.3, -0.25) is 0 Å². The maximum Gasteiger partial charge on any atom is 0.120 e. The number of hydrogen-bond acceptors (Lipinski definition) is 2. The summed E-state index contributed by atoms with van der Waals surface area (Å²) in [6.45, 7) is 3.41. The molecule has 1 aromatic carbocycles. The molecule has 0 amide bonds. The molecule has 1 N–H and O–H groups in total. The van der Waals surface area contributed by atoms with Crippen molar-refractivity contribution in [2.45, 2.75) is 25.3 Å². The standard InChI is InChI=1S/C15H20N2O/c1-15(7-4-8-16-15)14-9-11-5-6-12(18-3)10-13(11)17(14)2/h5-6,9-10,16H,4,7-8H2,1-3H3. The number of aromatic nitrogens is 1. The molecule has 1 aromatic heterocycles. The number of hydrogen-bond donors (Lipinski definition) is 1. The number of benzene rings is 1. The Labute approximate surface area is 108 Å². The number of nitrogens with one attached hydrogen (secondary N) is 1. The van der Waals surface area contributed by atoms with Crippen LogP contribution in [0, 0.1) is 0 Å². The van der Waals surface area contributed by atoms with Crippen molar-refractivity contribution >= 4 is 10.9 Å². The van der Waals surface area contributed by atoms with E-state index >= 15 is 0 Å². The summed E-state index contributed by atoms with van der Waals surface area (Å²) in [5.41, 5.74) is 2.71. The summed E-state index contributed by atoms with van der Waals surface area (Å²) in [5.74, 6) is 0.916. The van der Waals surface area contributed by atoms with Crippen LogP contribution in [0.4, 0.5) is 0 Å². The zero-order chi connectivity index (χ0) is 12.8. The van der Waals surface area contributed by atoms with E-state index in [9.17, 15) is 0 Å². The largest absolute Gasteiger partial charge is 0.497 e. The van der Waals surface area contributed by atoms with Crippen LogP contribution in [-0.4, -0.2) is 18.2 Å². The van der Waals surface area contributed by atoms with E-state index in [1.165, 1.54) is 29.4 Å². The first-order chi connectivity index (χ1) is 8.64. The van der Waals surface area contributed by atoms with Gasteiger partial charge in [0.2, 0.25) is 0 Å². The van der Waals surface area contributed by atoms with Crippen molar-refractivity contribution in [3.8, 4) is 5.75 Å². The predicted octanol–water partition coefficient (Wildman–Crippen LogP) is 2.79. The fraction of sp³-hybridized carbons (Fsp3) is 0.467.